The van der Waals surface area contributed by atoms with Crippen molar-refractivity contribution in [2.24, 2.45) is 0 Å². The molecule has 0 unspecified atom stereocenters. The van der Waals surface area contributed by atoms with E-state index in [0.29, 0.717) is 20.8 Å². The van der Waals surface area contributed by atoms with Gasteiger partial charge in [0.15, 0.2) is 5.11 Å². The van der Waals surface area contributed by atoms with Gasteiger partial charge < -0.3 is 19.9 Å². The molecule has 1 amide bonds. The molecule has 0 bridgehead atoms. The highest BCUT2D eigenvalue weighted by molar-refractivity contribution is 9.10. The molecule has 0 radical (unpaired) electrons. The molecule has 0 spiro atoms. The number of thiocarbonyl (C=S) groups is 1. The summed E-state index contributed by atoms with van der Waals surface area (Å²) in [6.07, 6.45) is 0. The quantitative estimate of drug-likeness (QED) is 0.581. The molecule has 30 heavy (non-hydrogen) atoms. The van der Waals surface area contributed by atoms with Crippen molar-refractivity contribution in [3.63, 3.8) is 0 Å². The van der Waals surface area contributed by atoms with E-state index in [0.717, 1.165) is 44.1 Å². The maximum Gasteiger partial charge on any atom is 0.257 e. The molecule has 0 saturated carbocycles. The minimum atomic E-state index is -0.313. The number of hydrogen-bond donors (Lipinski definition) is 2. The van der Waals surface area contributed by atoms with Gasteiger partial charge in [0.2, 0.25) is 0 Å². The van der Waals surface area contributed by atoms with Crippen LogP contribution >= 0.6 is 39.7 Å². The SMILES string of the molecule is CCN1CCN(c2ccc(NC(=S)NC(=O)c3ccc(OC)c(Br)c3)cc2Cl)CC1. The van der Waals surface area contributed by atoms with Crippen LogP contribution in [0.5, 0.6) is 5.75 Å². The molecule has 6 nitrogen and oxygen atoms in total. The first-order valence-corrected chi connectivity index (χ1v) is 11.2. The van der Waals surface area contributed by atoms with Crippen molar-refractivity contribution in [1.29, 1.82) is 0 Å². The Kier molecular flexibility index (Phi) is 7.93. The van der Waals surface area contributed by atoms with Crippen molar-refractivity contribution >= 4 is 62.1 Å². The number of nitrogens with one attached hydrogen (secondary N) is 2. The van der Waals surface area contributed by atoms with Crippen LogP contribution in [0.3, 0.4) is 0 Å². The fourth-order valence-electron chi connectivity index (χ4n) is 3.29. The van der Waals surface area contributed by atoms with Crippen molar-refractivity contribution in [3.8, 4) is 5.75 Å². The van der Waals surface area contributed by atoms with Gasteiger partial charge in [-0.2, -0.15) is 0 Å². The zero-order chi connectivity index (χ0) is 21.7. The molecular weight excluding hydrogens is 488 g/mol. The maximum atomic E-state index is 12.4. The van der Waals surface area contributed by atoms with Gasteiger partial charge in [-0.25, -0.2) is 0 Å². The average Bonchev–Trinajstić information content (AvgIpc) is 2.73. The van der Waals surface area contributed by atoms with E-state index in [1.807, 2.05) is 18.2 Å². The summed E-state index contributed by atoms with van der Waals surface area (Å²) in [7, 11) is 1.57. The van der Waals surface area contributed by atoms with E-state index >= 15 is 0 Å². The topological polar surface area (TPSA) is 56.8 Å². The molecule has 2 aromatic carbocycles. The van der Waals surface area contributed by atoms with Crippen LogP contribution in [0.2, 0.25) is 5.02 Å². The van der Waals surface area contributed by atoms with Gasteiger partial charge in [-0.05, 0) is 71.1 Å². The lowest BCUT2D eigenvalue weighted by atomic mass is 10.2. The number of methoxy groups -OCH3 is 1. The first kappa shape index (κ1) is 22.8. The molecule has 1 fully saturated rings. The van der Waals surface area contributed by atoms with Gasteiger partial charge in [-0.15, -0.1) is 0 Å². The normalized spacial score (nSPS) is 14.3. The van der Waals surface area contributed by atoms with Crippen LogP contribution in [0.4, 0.5) is 11.4 Å². The van der Waals surface area contributed by atoms with Crippen molar-refractivity contribution in [2.45, 2.75) is 6.92 Å². The number of piperazine rings is 1. The Hall–Kier alpha value is -1.87. The molecule has 160 valence electrons. The van der Waals surface area contributed by atoms with Crippen LogP contribution in [0.1, 0.15) is 17.3 Å². The second kappa shape index (κ2) is 10.4. The lowest BCUT2D eigenvalue weighted by molar-refractivity contribution is 0.0977. The molecule has 1 aliphatic rings. The van der Waals surface area contributed by atoms with Crippen molar-refractivity contribution < 1.29 is 9.53 Å². The van der Waals surface area contributed by atoms with E-state index in [1.54, 1.807) is 25.3 Å². The third kappa shape index (κ3) is 5.63. The Bertz CT molecular complexity index is 935. The summed E-state index contributed by atoms with van der Waals surface area (Å²) >= 11 is 15.2. The highest BCUT2D eigenvalue weighted by atomic mass is 79.9. The van der Waals surface area contributed by atoms with Crippen LogP contribution in [0.15, 0.2) is 40.9 Å². The number of nitrogens with zero attached hydrogens (tertiary/aromatic N) is 2. The fraction of sp³-hybridized carbons (Fsp3) is 0.333. The summed E-state index contributed by atoms with van der Waals surface area (Å²) in [4.78, 5) is 17.2. The zero-order valence-corrected chi connectivity index (χ0v) is 20.0. The molecule has 0 atom stereocenters. The van der Waals surface area contributed by atoms with Gasteiger partial charge in [0.05, 0.1) is 22.3 Å². The number of hydrogen-bond acceptors (Lipinski definition) is 5. The third-order valence-corrected chi connectivity index (χ3v) is 6.13. The Morgan fingerprint density at radius 3 is 2.53 bits per heavy atom. The number of amides is 1. The maximum absolute atomic E-state index is 12.4. The molecule has 1 aliphatic heterocycles. The number of anilines is 2. The molecule has 2 N–H and O–H groups in total. The first-order valence-electron chi connectivity index (χ1n) is 9.64. The second-order valence-corrected chi connectivity index (χ2v) is 8.51. The number of rotatable bonds is 5. The van der Waals surface area contributed by atoms with E-state index in [-0.39, 0.29) is 11.0 Å². The van der Waals surface area contributed by atoms with E-state index < -0.39 is 0 Å². The Morgan fingerprint density at radius 2 is 1.93 bits per heavy atom. The van der Waals surface area contributed by atoms with Gasteiger partial charge in [-0.3, -0.25) is 10.1 Å². The van der Waals surface area contributed by atoms with Crippen LogP contribution in [-0.4, -0.2) is 55.8 Å². The molecule has 0 aromatic heterocycles. The van der Waals surface area contributed by atoms with Crippen LogP contribution in [-0.2, 0) is 0 Å². The summed E-state index contributed by atoms with van der Waals surface area (Å²) in [5.41, 5.74) is 2.19. The standard InChI is InChI=1S/C21H24BrClN4O2S/c1-3-26-8-10-27(11-9-26)18-6-5-15(13-17(18)23)24-21(30)25-20(28)14-4-7-19(29-2)16(22)12-14/h4-7,12-13H,3,8-11H2,1-2H3,(H2,24,25,28,30). The highest BCUT2D eigenvalue weighted by Crippen LogP contribution is 2.30. The molecule has 3 rings (SSSR count). The predicted octanol–water partition coefficient (Wildman–Crippen LogP) is 4.38. The minimum Gasteiger partial charge on any atom is -0.496 e. The number of benzene rings is 2. The lowest BCUT2D eigenvalue weighted by Gasteiger charge is -2.36. The first-order chi connectivity index (χ1) is 14.4. The summed E-state index contributed by atoms with van der Waals surface area (Å²) in [5.74, 6) is 0.338. The number of ether oxygens (including phenoxy) is 1. The number of carbonyl (C=O) groups excluding carboxylic acids is 1. The second-order valence-electron chi connectivity index (χ2n) is 6.85. The summed E-state index contributed by atoms with van der Waals surface area (Å²) in [5, 5.41) is 6.55. The number of carbonyl (C=O) groups is 1. The molecule has 0 aliphatic carbocycles. The van der Waals surface area contributed by atoms with Crippen LogP contribution in [0.25, 0.3) is 0 Å². The number of likely N-dealkylation sites (N-methyl/N-ethyl adjacent to an activating group) is 1. The van der Waals surface area contributed by atoms with Gasteiger partial charge in [0, 0.05) is 37.4 Å². The van der Waals surface area contributed by atoms with Gasteiger partial charge in [-0.1, -0.05) is 18.5 Å². The van der Waals surface area contributed by atoms with E-state index in [9.17, 15) is 4.79 Å². The summed E-state index contributed by atoms with van der Waals surface area (Å²) in [6.45, 7) is 7.21. The highest BCUT2D eigenvalue weighted by Gasteiger charge is 2.18. The Morgan fingerprint density at radius 1 is 1.20 bits per heavy atom. The van der Waals surface area contributed by atoms with E-state index in [1.165, 1.54) is 0 Å². The smallest absolute Gasteiger partial charge is 0.257 e. The molecule has 1 saturated heterocycles. The van der Waals surface area contributed by atoms with E-state index in [2.05, 4.69) is 43.3 Å². The largest absolute Gasteiger partial charge is 0.496 e. The molecule has 9 heteroatoms. The van der Waals surface area contributed by atoms with Gasteiger partial charge in [0.1, 0.15) is 5.75 Å². The lowest BCUT2D eigenvalue weighted by Crippen LogP contribution is -2.46. The van der Waals surface area contributed by atoms with Crippen LogP contribution < -0.4 is 20.3 Å². The van der Waals surface area contributed by atoms with Crippen LogP contribution in [0, 0.1) is 0 Å². The van der Waals surface area contributed by atoms with Crippen molar-refractivity contribution in [3.05, 3.63) is 51.5 Å². The summed E-state index contributed by atoms with van der Waals surface area (Å²) < 4.78 is 5.87. The fourth-order valence-corrected chi connectivity index (χ4v) is 4.34. The zero-order valence-electron chi connectivity index (χ0n) is 16.9. The number of halogens is 2. The summed E-state index contributed by atoms with van der Waals surface area (Å²) in [6, 6.07) is 10.8. The predicted molar refractivity (Wildman–Crippen MR) is 130 cm³/mol. The van der Waals surface area contributed by atoms with Gasteiger partial charge >= 0.3 is 0 Å². The molecule has 2 aromatic rings. The molecule has 1 heterocycles. The van der Waals surface area contributed by atoms with Crippen molar-refractivity contribution in [2.75, 3.05) is 50.1 Å². The Labute approximate surface area is 195 Å². The third-order valence-electron chi connectivity index (χ3n) is 5.01. The Balaban J connectivity index is 1.59. The van der Waals surface area contributed by atoms with E-state index in [4.69, 9.17) is 28.6 Å². The van der Waals surface area contributed by atoms with Crippen molar-refractivity contribution in [1.82, 2.24) is 10.2 Å². The minimum absolute atomic E-state index is 0.201. The monoisotopic (exact) mass is 510 g/mol. The van der Waals surface area contributed by atoms with Gasteiger partial charge in [0.25, 0.3) is 5.91 Å². The molecular formula is C21H24BrClN4O2S. The average molecular weight is 512 g/mol.